The first-order chi connectivity index (χ1) is 8.66. The van der Waals surface area contributed by atoms with E-state index in [0.29, 0.717) is 6.04 Å². The Bertz CT molecular complexity index is 375. The summed E-state index contributed by atoms with van der Waals surface area (Å²) in [5.41, 5.74) is 1.30. The molecular weight excluding hydrogens is 244 g/mol. The van der Waals surface area contributed by atoms with E-state index < -0.39 is 0 Å². The maximum atomic E-state index is 6.06. The lowest BCUT2D eigenvalue weighted by atomic mass is 9.98. The molecule has 2 rings (SSSR count). The average molecular weight is 267 g/mol. The van der Waals surface area contributed by atoms with E-state index in [1.165, 1.54) is 24.9 Å². The Morgan fingerprint density at radius 3 is 3.00 bits per heavy atom. The summed E-state index contributed by atoms with van der Waals surface area (Å²) in [6.07, 6.45) is 2.66. The molecule has 2 atom stereocenters. The van der Waals surface area contributed by atoms with Crippen molar-refractivity contribution in [3.63, 3.8) is 0 Å². The van der Waals surface area contributed by atoms with Gasteiger partial charge in [-0.2, -0.15) is 0 Å². The van der Waals surface area contributed by atoms with E-state index in [1.54, 1.807) is 0 Å². The van der Waals surface area contributed by atoms with E-state index in [-0.39, 0.29) is 0 Å². The Balaban J connectivity index is 1.93. The number of piperidine rings is 1. The minimum absolute atomic E-state index is 0.422. The maximum absolute atomic E-state index is 6.06. The highest BCUT2D eigenvalue weighted by molar-refractivity contribution is 6.30. The second-order valence-corrected chi connectivity index (χ2v) is 5.82. The molecule has 1 aliphatic rings. The van der Waals surface area contributed by atoms with Gasteiger partial charge in [-0.25, -0.2) is 0 Å². The fraction of sp³-hybridized carbons (Fsp3) is 0.600. The van der Waals surface area contributed by atoms with Crippen molar-refractivity contribution in [3.05, 3.63) is 34.9 Å². The van der Waals surface area contributed by atoms with Crippen molar-refractivity contribution in [1.29, 1.82) is 0 Å². The van der Waals surface area contributed by atoms with Gasteiger partial charge in [-0.1, -0.05) is 23.7 Å². The zero-order valence-corrected chi connectivity index (χ0v) is 12.1. The number of halogens is 1. The van der Waals surface area contributed by atoms with Gasteiger partial charge in [0.05, 0.1) is 0 Å². The number of hydrogen-bond acceptors (Lipinski definition) is 2. The van der Waals surface area contributed by atoms with Crippen LogP contribution in [0.15, 0.2) is 24.3 Å². The monoisotopic (exact) mass is 266 g/mol. The lowest BCUT2D eigenvalue weighted by molar-refractivity contribution is 0.199. The first-order valence-electron chi connectivity index (χ1n) is 6.83. The highest BCUT2D eigenvalue weighted by Crippen LogP contribution is 2.23. The lowest BCUT2D eigenvalue weighted by Gasteiger charge is -2.31. The van der Waals surface area contributed by atoms with Crippen LogP contribution in [0.25, 0.3) is 0 Å². The zero-order valence-electron chi connectivity index (χ0n) is 11.3. The van der Waals surface area contributed by atoms with Gasteiger partial charge in [0.25, 0.3) is 0 Å². The molecule has 0 bridgehead atoms. The van der Waals surface area contributed by atoms with Crippen molar-refractivity contribution in [3.8, 4) is 0 Å². The highest BCUT2D eigenvalue weighted by Gasteiger charge is 2.18. The van der Waals surface area contributed by atoms with Crippen LogP contribution in [0.1, 0.15) is 31.4 Å². The van der Waals surface area contributed by atoms with Crippen LogP contribution in [-0.4, -0.2) is 31.6 Å². The molecule has 0 radical (unpaired) electrons. The van der Waals surface area contributed by atoms with Crippen molar-refractivity contribution in [1.82, 2.24) is 10.2 Å². The van der Waals surface area contributed by atoms with Crippen molar-refractivity contribution in [2.24, 2.45) is 5.92 Å². The Morgan fingerprint density at radius 1 is 1.50 bits per heavy atom. The second kappa shape index (κ2) is 6.55. The van der Waals surface area contributed by atoms with Gasteiger partial charge in [-0.15, -0.1) is 0 Å². The SMILES string of the molecule is CC(c1cccc(Cl)c1)N(C)CC1CCCNC1. The molecule has 0 saturated carbocycles. The highest BCUT2D eigenvalue weighted by atomic mass is 35.5. The van der Waals surface area contributed by atoms with E-state index in [4.69, 9.17) is 11.6 Å². The molecule has 1 fully saturated rings. The molecule has 2 unspecified atom stereocenters. The van der Waals surface area contributed by atoms with Crippen molar-refractivity contribution in [2.45, 2.75) is 25.8 Å². The smallest absolute Gasteiger partial charge is 0.0409 e. The van der Waals surface area contributed by atoms with E-state index in [1.807, 2.05) is 12.1 Å². The fourth-order valence-corrected chi connectivity index (χ4v) is 2.86. The summed E-state index contributed by atoms with van der Waals surface area (Å²) < 4.78 is 0. The molecule has 0 aromatic heterocycles. The third-order valence-corrected chi connectivity index (χ3v) is 4.17. The van der Waals surface area contributed by atoms with Gasteiger partial charge in [-0.3, -0.25) is 4.90 Å². The van der Waals surface area contributed by atoms with Gasteiger partial charge >= 0.3 is 0 Å². The topological polar surface area (TPSA) is 15.3 Å². The normalized spacial score (nSPS) is 22.1. The Labute approximate surface area is 115 Å². The Hall–Kier alpha value is -0.570. The van der Waals surface area contributed by atoms with Gasteiger partial charge in [0.1, 0.15) is 0 Å². The summed E-state index contributed by atoms with van der Waals surface area (Å²) in [5, 5.41) is 4.31. The number of rotatable bonds is 4. The Kier molecular flexibility index (Phi) is 5.04. The molecule has 1 saturated heterocycles. The minimum atomic E-state index is 0.422. The van der Waals surface area contributed by atoms with Crippen LogP contribution < -0.4 is 5.32 Å². The van der Waals surface area contributed by atoms with Crippen LogP contribution in [-0.2, 0) is 0 Å². The first-order valence-corrected chi connectivity index (χ1v) is 7.21. The van der Waals surface area contributed by atoms with Crippen LogP contribution in [0.5, 0.6) is 0 Å². The first kappa shape index (κ1) is 13.9. The van der Waals surface area contributed by atoms with Gasteiger partial charge in [0.15, 0.2) is 0 Å². The van der Waals surface area contributed by atoms with E-state index in [0.717, 1.165) is 24.0 Å². The predicted octanol–water partition coefficient (Wildman–Crippen LogP) is 3.33. The molecule has 0 aliphatic carbocycles. The zero-order chi connectivity index (χ0) is 13.0. The molecule has 1 aromatic carbocycles. The van der Waals surface area contributed by atoms with Gasteiger partial charge < -0.3 is 5.32 Å². The molecule has 100 valence electrons. The average Bonchev–Trinajstić information content (AvgIpc) is 2.39. The van der Waals surface area contributed by atoms with Crippen LogP contribution in [0.4, 0.5) is 0 Å². The summed E-state index contributed by atoms with van der Waals surface area (Å²) >= 11 is 6.06. The van der Waals surface area contributed by atoms with E-state index in [2.05, 4.69) is 36.3 Å². The number of nitrogens with one attached hydrogen (secondary N) is 1. The number of benzene rings is 1. The molecule has 1 aliphatic heterocycles. The largest absolute Gasteiger partial charge is 0.316 e. The third kappa shape index (κ3) is 3.71. The van der Waals surface area contributed by atoms with E-state index in [9.17, 15) is 0 Å². The standard InChI is InChI=1S/C15H23ClN2/c1-12(14-6-3-7-15(16)9-14)18(2)11-13-5-4-8-17-10-13/h3,6-7,9,12-13,17H,4-5,8,10-11H2,1-2H3. The molecule has 1 N–H and O–H groups in total. The summed E-state index contributed by atoms with van der Waals surface area (Å²) in [7, 11) is 2.21. The van der Waals surface area contributed by atoms with Crippen molar-refractivity contribution >= 4 is 11.6 Å². The van der Waals surface area contributed by atoms with Crippen LogP contribution in [0, 0.1) is 5.92 Å². The van der Waals surface area contributed by atoms with E-state index >= 15 is 0 Å². The van der Waals surface area contributed by atoms with Crippen LogP contribution >= 0.6 is 11.6 Å². The molecule has 0 amide bonds. The lowest BCUT2D eigenvalue weighted by Crippen LogP contribution is -2.37. The molecule has 3 heteroatoms. The molecule has 1 heterocycles. The molecule has 0 spiro atoms. The summed E-state index contributed by atoms with van der Waals surface area (Å²) in [6, 6.07) is 8.62. The number of nitrogens with zero attached hydrogens (tertiary/aromatic N) is 1. The van der Waals surface area contributed by atoms with Crippen molar-refractivity contribution in [2.75, 3.05) is 26.7 Å². The van der Waals surface area contributed by atoms with Crippen molar-refractivity contribution < 1.29 is 0 Å². The summed E-state index contributed by atoms with van der Waals surface area (Å²) in [4.78, 5) is 2.43. The predicted molar refractivity (Wildman–Crippen MR) is 78.1 cm³/mol. The minimum Gasteiger partial charge on any atom is -0.316 e. The van der Waals surface area contributed by atoms with Gasteiger partial charge in [0, 0.05) is 17.6 Å². The van der Waals surface area contributed by atoms with Crippen LogP contribution in [0.3, 0.4) is 0 Å². The maximum Gasteiger partial charge on any atom is 0.0409 e. The fourth-order valence-electron chi connectivity index (χ4n) is 2.67. The van der Waals surface area contributed by atoms with Gasteiger partial charge in [0.2, 0.25) is 0 Å². The summed E-state index contributed by atoms with van der Waals surface area (Å²) in [6.45, 7) is 5.75. The quantitative estimate of drug-likeness (QED) is 0.899. The summed E-state index contributed by atoms with van der Waals surface area (Å²) in [5.74, 6) is 0.783. The van der Waals surface area contributed by atoms with Gasteiger partial charge in [-0.05, 0) is 63.5 Å². The van der Waals surface area contributed by atoms with Crippen LogP contribution in [0.2, 0.25) is 5.02 Å². The Morgan fingerprint density at radius 2 is 2.33 bits per heavy atom. The molecular formula is C15H23ClN2. The molecule has 18 heavy (non-hydrogen) atoms. The second-order valence-electron chi connectivity index (χ2n) is 5.38. The molecule has 2 nitrogen and oxygen atoms in total. The third-order valence-electron chi connectivity index (χ3n) is 3.94. The number of hydrogen-bond donors (Lipinski definition) is 1. The molecule has 1 aromatic rings.